The number of aliphatic hydroxyl groups is 1. The van der Waals surface area contributed by atoms with Crippen LogP contribution in [-0.4, -0.2) is 24.6 Å². The smallest absolute Gasteiger partial charge is 0.177 e. The van der Waals surface area contributed by atoms with Crippen LogP contribution in [0.5, 0.6) is 0 Å². The highest BCUT2D eigenvalue weighted by Gasteiger charge is 2.28. The SMILES string of the molecule is N#C[C@H]1CC[C@H](n2c(-c3ccc(CO)o3)nc3cnc4[nH]ccc4c32)CC1. The molecule has 1 aliphatic carbocycles. The molecule has 0 bridgehead atoms. The average molecular weight is 361 g/mol. The number of rotatable bonds is 3. The van der Waals surface area contributed by atoms with Crippen LogP contribution in [0.25, 0.3) is 33.7 Å². The Kier molecular flexibility index (Phi) is 3.73. The van der Waals surface area contributed by atoms with Gasteiger partial charge in [-0.3, -0.25) is 0 Å². The van der Waals surface area contributed by atoms with Gasteiger partial charge >= 0.3 is 0 Å². The first-order valence-electron chi connectivity index (χ1n) is 9.22. The van der Waals surface area contributed by atoms with Gasteiger partial charge in [0.2, 0.25) is 0 Å². The van der Waals surface area contributed by atoms with Crippen molar-refractivity contribution >= 4 is 22.1 Å². The molecule has 1 fully saturated rings. The number of hydrogen-bond donors (Lipinski definition) is 2. The molecule has 0 unspecified atom stereocenters. The van der Waals surface area contributed by atoms with Gasteiger partial charge in [-0.25, -0.2) is 9.97 Å². The second-order valence-electron chi connectivity index (χ2n) is 7.10. The van der Waals surface area contributed by atoms with Gasteiger partial charge in [0.1, 0.15) is 23.5 Å². The van der Waals surface area contributed by atoms with E-state index in [1.807, 2.05) is 18.3 Å². The zero-order valence-corrected chi connectivity index (χ0v) is 14.7. The minimum atomic E-state index is -0.142. The van der Waals surface area contributed by atoms with Crippen molar-refractivity contribution < 1.29 is 9.52 Å². The predicted octanol–water partition coefficient (Wildman–Crippen LogP) is 3.92. The Labute approximate surface area is 155 Å². The lowest BCUT2D eigenvalue weighted by Gasteiger charge is -2.27. The topological polar surface area (TPSA) is 104 Å². The number of hydrogen-bond acceptors (Lipinski definition) is 5. The minimum absolute atomic E-state index is 0.137. The van der Waals surface area contributed by atoms with Crippen molar-refractivity contribution in [2.75, 3.05) is 0 Å². The highest BCUT2D eigenvalue weighted by molar-refractivity contribution is 6.02. The molecule has 0 aliphatic heterocycles. The maximum Gasteiger partial charge on any atom is 0.177 e. The van der Waals surface area contributed by atoms with Crippen LogP contribution in [0.15, 0.2) is 35.0 Å². The Morgan fingerprint density at radius 3 is 2.85 bits per heavy atom. The van der Waals surface area contributed by atoms with Crippen molar-refractivity contribution in [3.05, 3.63) is 36.4 Å². The van der Waals surface area contributed by atoms with Crippen molar-refractivity contribution in [3.8, 4) is 17.7 Å². The van der Waals surface area contributed by atoms with Gasteiger partial charge in [0.05, 0.1) is 17.8 Å². The van der Waals surface area contributed by atoms with Crippen LogP contribution in [0.3, 0.4) is 0 Å². The Balaban J connectivity index is 1.73. The molecule has 136 valence electrons. The van der Waals surface area contributed by atoms with Gasteiger partial charge in [-0.15, -0.1) is 0 Å². The average Bonchev–Trinajstić information content (AvgIpc) is 3.43. The van der Waals surface area contributed by atoms with Gasteiger partial charge in [0, 0.05) is 23.5 Å². The first-order chi connectivity index (χ1) is 13.3. The fourth-order valence-corrected chi connectivity index (χ4v) is 4.17. The molecule has 4 aromatic rings. The minimum Gasteiger partial charge on any atom is -0.455 e. The lowest BCUT2D eigenvalue weighted by molar-refractivity contribution is 0.248. The van der Waals surface area contributed by atoms with Crippen LogP contribution in [0, 0.1) is 17.2 Å². The van der Waals surface area contributed by atoms with Gasteiger partial charge in [-0.05, 0) is 43.9 Å². The molecular weight excluding hydrogens is 342 g/mol. The molecule has 0 radical (unpaired) electrons. The molecule has 7 nitrogen and oxygen atoms in total. The van der Waals surface area contributed by atoms with Crippen molar-refractivity contribution in [2.45, 2.75) is 38.3 Å². The number of nitrogens with zero attached hydrogens (tertiary/aromatic N) is 4. The molecule has 27 heavy (non-hydrogen) atoms. The number of aromatic amines is 1. The standard InChI is InChI=1S/C20H19N5O2/c21-9-12-1-3-13(4-2-12)25-18-15-7-8-22-19(15)23-10-16(18)24-20(25)17-6-5-14(11-26)27-17/h5-8,10,12-13,26H,1-4,11H2,(H,22,23)/t12-,13-. The zero-order chi connectivity index (χ0) is 18.4. The number of nitriles is 1. The van der Waals surface area contributed by atoms with Gasteiger partial charge in [0.15, 0.2) is 11.6 Å². The Hall–Kier alpha value is -3.11. The molecule has 0 atom stereocenters. The highest BCUT2D eigenvalue weighted by atomic mass is 16.4. The summed E-state index contributed by atoms with van der Waals surface area (Å²) in [5.41, 5.74) is 2.69. The van der Waals surface area contributed by atoms with Crippen molar-refractivity contribution in [3.63, 3.8) is 0 Å². The van der Waals surface area contributed by atoms with E-state index in [0.717, 1.165) is 53.6 Å². The summed E-state index contributed by atoms with van der Waals surface area (Å²) in [4.78, 5) is 12.5. The van der Waals surface area contributed by atoms with Crippen LogP contribution in [0.4, 0.5) is 0 Å². The molecule has 5 rings (SSSR count). The lowest BCUT2D eigenvalue weighted by Crippen LogP contribution is -2.18. The second kappa shape index (κ2) is 6.25. The normalized spacial score (nSPS) is 20.3. The summed E-state index contributed by atoms with van der Waals surface area (Å²) in [5.74, 6) is 2.04. The monoisotopic (exact) mass is 361 g/mol. The molecule has 0 amide bonds. The van der Waals surface area contributed by atoms with Crippen LogP contribution < -0.4 is 0 Å². The number of pyridine rings is 1. The summed E-state index contributed by atoms with van der Waals surface area (Å²) in [6, 6.07) is 8.30. The summed E-state index contributed by atoms with van der Waals surface area (Å²) in [5, 5.41) is 19.6. The van der Waals surface area contributed by atoms with Crippen LogP contribution in [0.2, 0.25) is 0 Å². The molecule has 0 saturated heterocycles. The van der Waals surface area contributed by atoms with Gasteiger partial charge in [-0.1, -0.05) is 0 Å². The summed E-state index contributed by atoms with van der Waals surface area (Å²) < 4.78 is 8.05. The quantitative estimate of drug-likeness (QED) is 0.575. The van der Waals surface area contributed by atoms with Crippen molar-refractivity contribution in [2.24, 2.45) is 5.92 Å². The van der Waals surface area contributed by atoms with E-state index < -0.39 is 0 Å². The Bertz CT molecular complexity index is 1150. The molecule has 4 aromatic heterocycles. The van der Waals surface area contributed by atoms with E-state index in [-0.39, 0.29) is 18.6 Å². The van der Waals surface area contributed by atoms with Gasteiger partial charge < -0.3 is 19.1 Å². The largest absolute Gasteiger partial charge is 0.455 e. The molecule has 4 heterocycles. The first kappa shape index (κ1) is 16.1. The van der Waals surface area contributed by atoms with Crippen LogP contribution in [-0.2, 0) is 6.61 Å². The maximum atomic E-state index is 9.36. The third-order valence-corrected chi connectivity index (χ3v) is 5.52. The van der Waals surface area contributed by atoms with Crippen LogP contribution >= 0.6 is 0 Å². The number of aliphatic hydroxyl groups excluding tert-OH is 1. The number of H-pyrrole nitrogens is 1. The molecule has 0 aromatic carbocycles. The summed E-state index contributed by atoms with van der Waals surface area (Å²) >= 11 is 0. The van der Waals surface area contributed by atoms with Crippen molar-refractivity contribution in [1.29, 1.82) is 5.26 Å². The van der Waals surface area contributed by atoms with Gasteiger partial charge in [-0.2, -0.15) is 5.26 Å². The summed E-state index contributed by atoms with van der Waals surface area (Å²) in [6.07, 6.45) is 7.31. The van der Waals surface area contributed by atoms with E-state index in [0.29, 0.717) is 11.5 Å². The third kappa shape index (κ3) is 2.53. The number of furan rings is 1. The molecule has 1 saturated carbocycles. The number of aromatic nitrogens is 4. The number of imidazole rings is 1. The zero-order valence-electron chi connectivity index (χ0n) is 14.7. The second-order valence-corrected chi connectivity index (χ2v) is 7.10. The third-order valence-electron chi connectivity index (χ3n) is 5.52. The van der Waals surface area contributed by atoms with E-state index in [4.69, 9.17) is 9.40 Å². The molecule has 2 N–H and O–H groups in total. The van der Waals surface area contributed by atoms with E-state index in [1.54, 1.807) is 12.3 Å². The van der Waals surface area contributed by atoms with Crippen LogP contribution in [0.1, 0.15) is 37.5 Å². The Morgan fingerprint density at radius 2 is 2.11 bits per heavy atom. The predicted molar refractivity (Wildman–Crippen MR) is 99.6 cm³/mol. The fraction of sp³-hybridized carbons (Fsp3) is 0.350. The first-order valence-corrected chi connectivity index (χ1v) is 9.22. The molecule has 0 spiro atoms. The number of fused-ring (bicyclic) bond motifs is 3. The summed E-state index contributed by atoms with van der Waals surface area (Å²) in [7, 11) is 0. The van der Waals surface area contributed by atoms with Crippen molar-refractivity contribution in [1.82, 2.24) is 19.5 Å². The fourth-order valence-electron chi connectivity index (χ4n) is 4.17. The lowest BCUT2D eigenvalue weighted by atomic mass is 9.86. The van der Waals surface area contributed by atoms with E-state index in [1.165, 1.54) is 0 Å². The maximum absolute atomic E-state index is 9.36. The Morgan fingerprint density at radius 1 is 1.26 bits per heavy atom. The summed E-state index contributed by atoms with van der Waals surface area (Å²) in [6.45, 7) is -0.142. The van der Waals surface area contributed by atoms with Gasteiger partial charge in [0.25, 0.3) is 0 Å². The molecule has 1 aliphatic rings. The molecular formula is C20H19N5O2. The highest BCUT2D eigenvalue weighted by Crippen LogP contribution is 2.39. The van der Waals surface area contributed by atoms with E-state index >= 15 is 0 Å². The van der Waals surface area contributed by atoms with E-state index in [9.17, 15) is 10.4 Å². The number of nitrogens with one attached hydrogen (secondary N) is 1. The van der Waals surface area contributed by atoms with E-state index in [2.05, 4.69) is 20.6 Å². The molecule has 7 heteroatoms.